The van der Waals surface area contributed by atoms with E-state index in [1.54, 1.807) is 0 Å². The fourth-order valence-corrected chi connectivity index (χ4v) is 2.57. The lowest BCUT2D eigenvalue weighted by Gasteiger charge is -2.30. The second-order valence-electron chi connectivity index (χ2n) is 5.04. The number of hydrogen-bond acceptors (Lipinski definition) is 2. The predicted octanol–water partition coefficient (Wildman–Crippen LogP) is 2.35. The maximum absolute atomic E-state index is 11.1. The van der Waals surface area contributed by atoms with Gasteiger partial charge in [-0.1, -0.05) is 23.7 Å². The molecule has 1 saturated heterocycles. The van der Waals surface area contributed by atoms with Gasteiger partial charge in [0.2, 0.25) is 5.91 Å². The molecular formula is C14H19ClN2O. The molecule has 0 saturated carbocycles. The highest BCUT2D eigenvalue weighted by atomic mass is 35.5. The van der Waals surface area contributed by atoms with Crippen LogP contribution >= 0.6 is 11.6 Å². The number of primary amides is 1. The Labute approximate surface area is 113 Å². The molecule has 98 valence electrons. The van der Waals surface area contributed by atoms with Crippen LogP contribution in [0.3, 0.4) is 0 Å². The van der Waals surface area contributed by atoms with Crippen LogP contribution in [-0.4, -0.2) is 23.9 Å². The highest BCUT2D eigenvalue weighted by Crippen LogP contribution is 2.21. The van der Waals surface area contributed by atoms with Crippen molar-refractivity contribution < 1.29 is 4.79 Å². The van der Waals surface area contributed by atoms with Gasteiger partial charge in [0.1, 0.15) is 0 Å². The van der Waals surface area contributed by atoms with Gasteiger partial charge in [0.15, 0.2) is 0 Å². The predicted molar refractivity (Wildman–Crippen MR) is 73.4 cm³/mol. The average Bonchev–Trinajstić information content (AvgIpc) is 2.34. The van der Waals surface area contributed by atoms with Crippen molar-refractivity contribution in [3.63, 3.8) is 0 Å². The largest absolute Gasteiger partial charge is 0.369 e. The van der Waals surface area contributed by atoms with E-state index in [9.17, 15) is 4.79 Å². The zero-order chi connectivity index (χ0) is 13.1. The summed E-state index contributed by atoms with van der Waals surface area (Å²) in [5, 5.41) is 0.819. The molecule has 2 rings (SSSR count). The minimum absolute atomic E-state index is 0.0582. The van der Waals surface area contributed by atoms with Gasteiger partial charge >= 0.3 is 0 Å². The Morgan fingerprint density at radius 2 is 2.11 bits per heavy atom. The Morgan fingerprint density at radius 3 is 2.67 bits per heavy atom. The molecule has 1 aromatic carbocycles. The Morgan fingerprint density at radius 1 is 1.44 bits per heavy atom. The van der Waals surface area contributed by atoms with Crippen LogP contribution in [0.25, 0.3) is 0 Å². The number of amides is 1. The summed E-state index contributed by atoms with van der Waals surface area (Å²) in [7, 11) is 0. The van der Waals surface area contributed by atoms with Crippen molar-refractivity contribution in [2.24, 2.45) is 11.7 Å². The summed E-state index contributed by atoms with van der Waals surface area (Å²) in [4.78, 5) is 13.4. The first-order valence-corrected chi connectivity index (χ1v) is 6.71. The number of piperidine rings is 1. The van der Waals surface area contributed by atoms with E-state index < -0.39 is 0 Å². The van der Waals surface area contributed by atoms with Crippen molar-refractivity contribution in [2.45, 2.75) is 26.3 Å². The standard InChI is InChI=1S/C14H19ClN2O/c1-10-2-3-11(8-13(10)15)9-17-6-4-12(5-7-17)14(16)18/h2-3,8,12H,4-7,9H2,1H3,(H2,16,18). The van der Waals surface area contributed by atoms with E-state index in [1.165, 1.54) is 5.56 Å². The minimum atomic E-state index is -0.159. The number of benzene rings is 1. The fourth-order valence-electron chi connectivity index (χ4n) is 2.37. The van der Waals surface area contributed by atoms with Crippen molar-refractivity contribution in [1.82, 2.24) is 4.90 Å². The molecular weight excluding hydrogens is 248 g/mol. The minimum Gasteiger partial charge on any atom is -0.369 e. The van der Waals surface area contributed by atoms with Gasteiger partial charge in [-0.25, -0.2) is 0 Å². The number of rotatable bonds is 3. The third-order valence-corrected chi connectivity index (χ3v) is 4.04. The van der Waals surface area contributed by atoms with Gasteiger partial charge in [-0.2, -0.15) is 0 Å². The Bertz CT molecular complexity index is 439. The monoisotopic (exact) mass is 266 g/mol. The summed E-state index contributed by atoms with van der Waals surface area (Å²) in [6.07, 6.45) is 1.74. The van der Waals surface area contributed by atoms with Crippen LogP contribution in [0.4, 0.5) is 0 Å². The summed E-state index contributed by atoms with van der Waals surface area (Å²) < 4.78 is 0. The van der Waals surface area contributed by atoms with Crippen LogP contribution in [-0.2, 0) is 11.3 Å². The molecule has 0 atom stereocenters. The first-order valence-electron chi connectivity index (χ1n) is 6.33. The Kier molecular flexibility index (Phi) is 4.25. The molecule has 1 aliphatic rings. The highest BCUT2D eigenvalue weighted by molar-refractivity contribution is 6.31. The topological polar surface area (TPSA) is 46.3 Å². The van der Waals surface area contributed by atoms with E-state index in [1.807, 2.05) is 19.1 Å². The van der Waals surface area contributed by atoms with Gasteiger partial charge in [-0.15, -0.1) is 0 Å². The van der Waals surface area contributed by atoms with Crippen molar-refractivity contribution in [1.29, 1.82) is 0 Å². The number of carbonyl (C=O) groups excluding carboxylic acids is 1. The molecule has 4 heteroatoms. The lowest BCUT2D eigenvalue weighted by atomic mass is 9.96. The van der Waals surface area contributed by atoms with Crippen molar-refractivity contribution in [3.05, 3.63) is 34.3 Å². The fraction of sp³-hybridized carbons (Fsp3) is 0.500. The van der Waals surface area contributed by atoms with Gasteiger partial charge in [0.25, 0.3) is 0 Å². The van der Waals surface area contributed by atoms with Crippen LogP contribution in [0.1, 0.15) is 24.0 Å². The molecule has 1 aromatic rings. The lowest BCUT2D eigenvalue weighted by Crippen LogP contribution is -2.38. The van der Waals surface area contributed by atoms with Gasteiger partial charge in [0, 0.05) is 17.5 Å². The van der Waals surface area contributed by atoms with E-state index in [-0.39, 0.29) is 11.8 Å². The number of halogens is 1. The normalized spacial score (nSPS) is 17.9. The van der Waals surface area contributed by atoms with Crippen molar-refractivity contribution in [3.8, 4) is 0 Å². The van der Waals surface area contributed by atoms with Crippen LogP contribution < -0.4 is 5.73 Å². The Balaban J connectivity index is 1.91. The molecule has 2 N–H and O–H groups in total. The third kappa shape index (κ3) is 3.24. The molecule has 0 spiro atoms. The Hall–Kier alpha value is -1.06. The lowest BCUT2D eigenvalue weighted by molar-refractivity contribution is -0.123. The van der Waals surface area contributed by atoms with E-state index >= 15 is 0 Å². The smallest absolute Gasteiger partial charge is 0.220 e. The summed E-state index contributed by atoms with van der Waals surface area (Å²) in [5.74, 6) is -0.101. The molecule has 3 nitrogen and oxygen atoms in total. The first-order chi connectivity index (χ1) is 8.56. The highest BCUT2D eigenvalue weighted by Gasteiger charge is 2.22. The SMILES string of the molecule is Cc1ccc(CN2CCC(C(N)=O)CC2)cc1Cl. The van der Waals surface area contributed by atoms with Gasteiger partial charge < -0.3 is 5.73 Å². The van der Waals surface area contributed by atoms with Crippen molar-refractivity contribution >= 4 is 17.5 Å². The van der Waals surface area contributed by atoms with E-state index in [2.05, 4.69) is 11.0 Å². The second-order valence-corrected chi connectivity index (χ2v) is 5.44. The maximum atomic E-state index is 11.1. The van der Waals surface area contributed by atoms with Crippen LogP contribution in [0, 0.1) is 12.8 Å². The summed E-state index contributed by atoms with van der Waals surface area (Å²) >= 11 is 6.12. The van der Waals surface area contributed by atoms with Crippen LogP contribution in [0.5, 0.6) is 0 Å². The first kappa shape index (κ1) is 13.4. The molecule has 1 fully saturated rings. The maximum Gasteiger partial charge on any atom is 0.220 e. The number of aryl methyl sites for hydroxylation is 1. The molecule has 1 aliphatic heterocycles. The second kappa shape index (κ2) is 5.72. The molecule has 0 unspecified atom stereocenters. The summed E-state index contributed by atoms with van der Waals surface area (Å²) in [5.41, 5.74) is 7.66. The van der Waals surface area contributed by atoms with Gasteiger partial charge in [0.05, 0.1) is 0 Å². The molecule has 0 radical (unpaired) electrons. The van der Waals surface area contributed by atoms with Crippen LogP contribution in [0.15, 0.2) is 18.2 Å². The third-order valence-electron chi connectivity index (χ3n) is 3.63. The number of likely N-dealkylation sites (tertiary alicyclic amines) is 1. The number of nitrogens with zero attached hydrogens (tertiary/aromatic N) is 1. The molecule has 1 heterocycles. The average molecular weight is 267 g/mol. The molecule has 1 amide bonds. The van der Waals surface area contributed by atoms with E-state index in [4.69, 9.17) is 17.3 Å². The molecule has 0 aromatic heterocycles. The quantitative estimate of drug-likeness (QED) is 0.913. The zero-order valence-electron chi connectivity index (χ0n) is 10.7. The van der Waals surface area contributed by atoms with Gasteiger partial charge in [-0.3, -0.25) is 9.69 Å². The van der Waals surface area contributed by atoms with Gasteiger partial charge in [-0.05, 0) is 50.0 Å². The zero-order valence-corrected chi connectivity index (χ0v) is 11.4. The summed E-state index contributed by atoms with van der Waals surface area (Å²) in [6.45, 7) is 4.76. The molecule has 0 aliphatic carbocycles. The van der Waals surface area contributed by atoms with Crippen LogP contribution in [0.2, 0.25) is 5.02 Å². The number of nitrogens with two attached hydrogens (primary N) is 1. The molecule has 0 bridgehead atoms. The van der Waals surface area contributed by atoms with E-state index in [0.717, 1.165) is 43.1 Å². The van der Waals surface area contributed by atoms with E-state index in [0.29, 0.717) is 0 Å². The summed E-state index contributed by atoms with van der Waals surface area (Å²) in [6, 6.07) is 6.19. The molecule has 18 heavy (non-hydrogen) atoms. The number of hydrogen-bond donors (Lipinski definition) is 1. The number of carbonyl (C=O) groups is 1. The van der Waals surface area contributed by atoms with Crippen molar-refractivity contribution in [2.75, 3.05) is 13.1 Å².